The molecule has 0 aliphatic carbocycles. The molecule has 9 nitrogen and oxygen atoms in total. The molecule has 12 heteroatoms. The average molecular weight is 743 g/mol. The van der Waals surface area contributed by atoms with Crippen molar-refractivity contribution in [3.63, 3.8) is 0 Å². The number of halogens is 2. The summed E-state index contributed by atoms with van der Waals surface area (Å²) >= 11 is 9.60. The maximum Gasteiger partial charge on any atom is 0.264 e. The highest BCUT2D eigenvalue weighted by atomic mass is 79.9. The van der Waals surface area contributed by atoms with E-state index in [0.29, 0.717) is 10.8 Å². The van der Waals surface area contributed by atoms with Crippen LogP contribution in [0.3, 0.4) is 0 Å². The number of amides is 2. The predicted molar refractivity (Wildman–Crippen MR) is 187 cm³/mol. The number of hydrogen-bond acceptors (Lipinski definition) is 6. The van der Waals surface area contributed by atoms with Crippen LogP contribution in [0.15, 0.2) is 106 Å². The Balaban J connectivity index is 1.82. The van der Waals surface area contributed by atoms with E-state index in [0.717, 1.165) is 19.9 Å². The van der Waals surface area contributed by atoms with Gasteiger partial charge in [-0.25, -0.2) is 8.42 Å². The van der Waals surface area contributed by atoms with E-state index in [1.165, 1.54) is 49.5 Å². The molecule has 0 spiro atoms. The van der Waals surface area contributed by atoms with Crippen LogP contribution >= 0.6 is 27.5 Å². The molecule has 0 saturated carbocycles. The van der Waals surface area contributed by atoms with Gasteiger partial charge >= 0.3 is 0 Å². The van der Waals surface area contributed by atoms with Gasteiger partial charge in [-0.2, -0.15) is 0 Å². The van der Waals surface area contributed by atoms with E-state index in [1.807, 2.05) is 68.4 Å². The molecule has 47 heavy (non-hydrogen) atoms. The fraction of sp³-hybridized carbons (Fsp3) is 0.257. The Morgan fingerprint density at radius 2 is 1.49 bits per heavy atom. The summed E-state index contributed by atoms with van der Waals surface area (Å²) in [5, 5.41) is 3.35. The van der Waals surface area contributed by atoms with E-state index in [-0.39, 0.29) is 41.2 Å². The van der Waals surface area contributed by atoms with Crippen LogP contribution in [0.1, 0.15) is 25.0 Å². The Morgan fingerprint density at radius 1 is 0.851 bits per heavy atom. The first-order valence-corrected chi connectivity index (χ1v) is 17.4. The highest BCUT2D eigenvalue weighted by Gasteiger charge is 2.35. The van der Waals surface area contributed by atoms with Crippen molar-refractivity contribution in [2.45, 2.75) is 43.8 Å². The SMILES string of the molecule is COc1ccc(S(=O)(=O)N(CC(=O)N(Cc2ccc(Br)cc2)C(Cc2ccccc2)C(=O)NC(C)C)c2ccc(Cl)cc2)cc1OC. The van der Waals surface area contributed by atoms with Crippen molar-refractivity contribution in [3.8, 4) is 11.5 Å². The molecule has 0 fully saturated rings. The van der Waals surface area contributed by atoms with Gasteiger partial charge in [0.25, 0.3) is 10.0 Å². The van der Waals surface area contributed by atoms with Gasteiger partial charge in [0, 0.05) is 34.6 Å². The number of carbonyl (C=O) groups is 2. The third-order valence-electron chi connectivity index (χ3n) is 7.30. The van der Waals surface area contributed by atoms with Gasteiger partial charge in [0.2, 0.25) is 11.8 Å². The van der Waals surface area contributed by atoms with E-state index < -0.39 is 28.5 Å². The normalized spacial score (nSPS) is 11.9. The van der Waals surface area contributed by atoms with Gasteiger partial charge in [-0.1, -0.05) is 70.0 Å². The van der Waals surface area contributed by atoms with Gasteiger partial charge in [-0.3, -0.25) is 13.9 Å². The lowest BCUT2D eigenvalue weighted by molar-refractivity contribution is -0.140. The molecule has 2 amide bonds. The molecule has 4 aromatic rings. The number of benzene rings is 4. The summed E-state index contributed by atoms with van der Waals surface area (Å²) in [7, 11) is -1.50. The first-order valence-electron chi connectivity index (χ1n) is 14.8. The van der Waals surface area contributed by atoms with Crippen molar-refractivity contribution in [3.05, 3.63) is 118 Å². The van der Waals surface area contributed by atoms with E-state index >= 15 is 0 Å². The van der Waals surface area contributed by atoms with Crippen molar-refractivity contribution < 1.29 is 27.5 Å². The number of carbonyl (C=O) groups excluding carboxylic acids is 2. The molecule has 1 atom stereocenters. The lowest BCUT2D eigenvalue weighted by atomic mass is 10.0. The van der Waals surface area contributed by atoms with Crippen LogP contribution in [0.4, 0.5) is 5.69 Å². The monoisotopic (exact) mass is 741 g/mol. The van der Waals surface area contributed by atoms with Crippen molar-refractivity contribution >= 4 is 55.1 Å². The second kappa shape index (κ2) is 16.2. The number of rotatable bonds is 14. The fourth-order valence-electron chi connectivity index (χ4n) is 4.96. The molecule has 248 valence electrons. The average Bonchev–Trinajstić information content (AvgIpc) is 3.06. The Kier molecular flexibility index (Phi) is 12.3. The zero-order valence-corrected chi connectivity index (χ0v) is 29.7. The maximum absolute atomic E-state index is 14.5. The molecule has 0 aliphatic rings. The summed E-state index contributed by atoms with van der Waals surface area (Å²) in [6.07, 6.45) is 0.213. The van der Waals surface area contributed by atoms with Crippen LogP contribution < -0.4 is 19.1 Å². The Bertz CT molecular complexity index is 1770. The molecule has 0 radical (unpaired) electrons. The summed E-state index contributed by atoms with van der Waals surface area (Å²) in [6.45, 7) is 3.14. The fourth-order valence-corrected chi connectivity index (χ4v) is 6.78. The number of nitrogens with one attached hydrogen (secondary N) is 1. The van der Waals surface area contributed by atoms with Gasteiger partial charge in [-0.15, -0.1) is 0 Å². The Hall–Kier alpha value is -4.06. The first kappa shape index (κ1) is 35.8. The summed E-state index contributed by atoms with van der Waals surface area (Å²) in [6, 6.07) is 26.0. The van der Waals surface area contributed by atoms with E-state index in [1.54, 1.807) is 12.1 Å². The maximum atomic E-state index is 14.5. The Labute approximate surface area is 289 Å². The minimum absolute atomic E-state index is 0.0555. The summed E-state index contributed by atoms with van der Waals surface area (Å²) in [5.41, 5.74) is 1.82. The topological polar surface area (TPSA) is 105 Å². The smallest absolute Gasteiger partial charge is 0.264 e. The van der Waals surface area contributed by atoms with Crippen LogP contribution in [0.5, 0.6) is 11.5 Å². The number of sulfonamides is 1. The van der Waals surface area contributed by atoms with Crippen molar-refractivity contribution in [1.29, 1.82) is 0 Å². The second-order valence-electron chi connectivity index (χ2n) is 11.0. The van der Waals surface area contributed by atoms with Gasteiger partial charge in [-0.05, 0) is 73.5 Å². The highest BCUT2D eigenvalue weighted by Crippen LogP contribution is 2.33. The van der Waals surface area contributed by atoms with Gasteiger partial charge in [0.05, 0.1) is 24.8 Å². The molecule has 0 saturated heterocycles. The largest absolute Gasteiger partial charge is 0.493 e. The molecule has 4 aromatic carbocycles. The van der Waals surface area contributed by atoms with E-state index in [2.05, 4.69) is 21.2 Å². The molecular weight excluding hydrogens is 706 g/mol. The molecular formula is C35H37BrClN3O6S. The summed E-state index contributed by atoms with van der Waals surface area (Å²) < 4.78 is 41.2. The lowest BCUT2D eigenvalue weighted by Gasteiger charge is -2.34. The van der Waals surface area contributed by atoms with E-state index in [9.17, 15) is 18.0 Å². The minimum atomic E-state index is -4.35. The first-order chi connectivity index (χ1) is 22.4. The Morgan fingerprint density at radius 3 is 2.09 bits per heavy atom. The predicted octanol–water partition coefficient (Wildman–Crippen LogP) is 6.48. The molecule has 4 rings (SSSR count). The van der Waals surface area contributed by atoms with Crippen molar-refractivity contribution in [1.82, 2.24) is 10.2 Å². The van der Waals surface area contributed by atoms with Crippen LogP contribution in [0, 0.1) is 0 Å². The van der Waals surface area contributed by atoms with Gasteiger partial charge < -0.3 is 19.7 Å². The molecule has 1 N–H and O–H groups in total. The quantitative estimate of drug-likeness (QED) is 0.159. The molecule has 0 bridgehead atoms. The van der Waals surface area contributed by atoms with Crippen LogP contribution in [-0.2, 0) is 32.6 Å². The second-order valence-corrected chi connectivity index (χ2v) is 14.2. The van der Waals surface area contributed by atoms with Gasteiger partial charge in [0.15, 0.2) is 11.5 Å². The number of hydrogen-bond donors (Lipinski definition) is 1. The van der Waals surface area contributed by atoms with Gasteiger partial charge in [0.1, 0.15) is 12.6 Å². The van der Waals surface area contributed by atoms with Crippen LogP contribution in [0.25, 0.3) is 0 Å². The standard InChI is InChI=1S/C35H37BrClN3O6S/c1-24(2)38-35(42)31(20-25-8-6-5-7-9-25)39(22-26-10-12-27(36)13-11-26)34(41)23-40(29-16-14-28(37)15-17-29)47(43,44)30-18-19-32(45-3)33(21-30)46-4/h5-19,21,24,31H,20,22-23H2,1-4H3,(H,38,42). The molecule has 0 heterocycles. The van der Waals surface area contributed by atoms with Crippen molar-refractivity contribution in [2.24, 2.45) is 0 Å². The molecule has 0 aromatic heterocycles. The van der Waals surface area contributed by atoms with Crippen molar-refractivity contribution in [2.75, 3.05) is 25.1 Å². The number of nitrogens with zero attached hydrogens (tertiary/aromatic N) is 2. The number of anilines is 1. The third-order valence-corrected chi connectivity index (χ3v) is 9.86. The van der Waals surface area contributed by atoms with E-state index in [4.69, 9.17) is 21.1 Å². The number of ether oxygens (including phenoxy) is 2. The summed E-state index contributed by atoms with van der Waals surface area (Å²) in [4.78, 5) is 29.7. The zero-order chi connectivity index (χ0) is 34.1. The van der Waals surface area contributed by atoms with Crippen LogP contribution in [0.2, 0.25) is 5.02 Å². The molecule has 1 unspecified atom stereocenters. The number of methoxy groups -OCH3 is 2. The third kappa shape index (κ3) is 9.27. The van der Waals surface area contributed by atoms with Crippen LogP contribution in [-0.4, -0.2) is 58.0 Å². The molecule has 0 aliphatic heterocycles. The zero-order valence-electron chi connectivity index (χ0n) is 26.5. The minimum Gasteiger partial charge on any atom is -0.493 e. The lowest BCUT2D eigenvalue weighted by Crippen LogP contribution is -2.54. The summed E-state index contributed by atoms with van der Waals surface area (Å²) in [5.74, 6) is -0.371. The highest BCUT2D eigenvalue weighted by molar-refractivity contribution is 9.10.